The highest BCUT2D eigenvalue weighted by molar-refractivity contribution is 8.00. The molecule has 1 unspecified atom stereocenters. The van der Waals surface area contributed by atoms with Gasteiger partial charge in [-0.3, -0.25) is 4.98 Å². The van der Waals surface area contributed by atoms with Gasteiger partial charge in [-0.2, -0.15) is 0 Å². The highest BCUT2D eigenvalue weighted by atomic mass is 32.2. The number of rotatable bonds is 9. The Bertz CT molecular complexity index is 775. The number of nitrogens with zero attached hydrogens (tertiary/aromatic N) is 2. The Morgan fingerprint density at radius 3 is 2.64 bits per heavy atom. The Kier molecular flexibility index (Phi) is 6.40. The molecule has 0 aliphatic rings. The van der Waals surface area contributed by atoms with Gasteiger partial charge in [0.15, 0.2) is 5.76 Å². The average Bonchev–Trinajstić information content (AvgIpc) is 3.16. The molecule has 0 aliphatic heterocycles. The van der Waals surface area contributed by atoms with Crippen LogP contribution in [0.4, 0.5) is 0 Å². The van der Waals surface area contributed by atoms with E-state index < -0.39 is 0 Å². The minimum atomic E-state index is -0.366. The summed E-state index contributed by atoms with van der Waals surface area (Å²) < 4.78 is 5.72. The molecule has 3 aromatic rings. The highest BCUT2D eigenvalue weighted by Gasteiger charge is 2.18. The fourth-order valence-electron chi connectivity index (χ4n) is 2.50. The number of carbonyl (C=O) groups excluding carboxylic acids is 1. The van der Waals surface area contributed by atoms with Gasteiger partial charge in [-0.25, -0.2) is 4.98 Å². The van der Waals surface area contributed by atoms with Gasteiger partial charge in [-0.15, -0.1) is 11.8 Å². The SMILES string of the molecule is O=CC(SCCCCc1ccccc1)c1ncc(-c2ccccn2)o1. The van der Waals surface area contributed by atoms with E-state index in [1.807, 2.05) is 24.3 Å². The van der Waals surface area contributed by atoms with Crippen molar-refractivity contribution in [1.82, 2.24) is 9.97 Å². The van der Waals surface area contributed by atoms with Crippen LogP contribution >= 0.6 is 11.8 Å². The van der Waals surface area contributed by atoms with Crippen LogP contribution in [0.5, 0.6) is 0 Å². The molecule has 0 fully saturated rings. The molecule has 3 rings (SSSR count). The molecule has 5 heteroatoms. The molecule has 2 heterocycles. The molecule has 0 amide bonds. The van der Waals surface area contributed by atoms with Crippen molar-refractivity contribution in [3.8, 4) is 11.5 Å². The van der Waals surface area contributed by atoms with Crippen LogP contribution in [-0.2, 0) is 11.2 Å². The topological polar surface area (TPSA) is 56.0 Å². The fourth-order valence-corrected chi connectivity index (χ4v) is 3.46. The number of benzene rings is 1. The Morgan fingerprint density at radius 1 is 1.04 bits per heavy atom. The van der Waals surface area contributed by atoms with E-state index in [-0.39, 0.29) is 5.25 Å². The van der Waals surface area contributed by atoms with E-state index in [9.17, 15) is 4.79 Å². The smallest absolute Gasteiger partial charge is 0.215 e. The van der Waals surface area contributed by atoms with Crippen molar-refractivity contribution < 1.29 is 9.21 Å². The molecule has 25 heavy (non-hydrogen) atoms. The summed E-state index contributed by atoms with van der Waals surface area (Å²) in [6.45, 7) is 0. The quantitative estimate of drug-likeness (QED) is 0.411. The van der Waals surface area contributed by atoms with Gasteiger partial charge in [0.1, 0.15) is 17.2 Å². The third-order valence-corrected chi connectivity index (χ3v) is 5.00. The van der Waals surface area contributed by atoms with E-state index in [0.29, 0.717) is 11.7 Å². The molecule has 0 radical (unpaired) electrons. The average molecular weight is 352 g/mol. The van der Waals surface area contributed by atoms with Crippen LogP contribution in [-0.4, -0.2) is 22.0 Å². The Hall–Kier alpha value is -2.40. The second kappa shape index (κ2) is 9.18. The number of hydrogen-bond donors (Lipinski definition) is 0. The maximum absolute atomic E-state index is 11.4. The van der Waals surface area contributed by atoms with Crippen LogP contribution < -0.4 is 0 Å². The van der Waals surface area contributed by atoms with Crippen LogP contribution in [0.2, 0.25) is 0 Å². The summed E-state index contributed by atoms with van der Waals surface area (Å²) >= 11 is 1.57. The van der Waals surface area contributed by atoms with Crippen LogP contribution in [0.3, 0.4) is 0 Å². The number of unbranched alkanes of at least 4 members (excludes halogenated alkanes) is 1. The molecule has 2 aromatic heterocycles. The first kappa shape index (κ1) is 17.4. The molecule has 0 N–H and O–H groups in total. The van der Waals surface area contributed by atoms with E-state index in [1.165, 1.54) is 5.56 Å². The monoisotopic (exact) mass is 352 g/mol. The van der Waals surface area contributed by atoms with Crippen LogP contribution in [0, 0.1) is 0 Å². The first-order chi connectivity index (χ1) is 12.4. The van der Waals surface area contributed by atoms with Crippen molar-refractivity contribution >= 4 is 18.0 Å². The van der Waals surface area contributed by atoms with E-state index in [2.05, 4.69) is 34.2 Å². The molecule has 128 valence electrons. The molecule has 0 saturated carbocycles. The first-order valence-corrected chi connectivity index (χ1v) is 9.39. The van der Waals surface area contributed by atoms with Crippen LogP contribution in [0.15, 0.2) is 65.3 Å². The third kappa shape index (κ3) is 5.03. The summed E-state index contributed by atoms with van der Waals surface area (Å²) in [7, 11) is 0. The number of aromatic nitrogens is 2. The van der Waals surface area contributed by atoms with Crippen molar-refractivity contribution in [2.45, 2.75) is 24.5 Å². The molecule has 1 aromatic carbocycles. The van der Waals surface area contributed by atoms with Crippen molar-refractivity contribution in [3.63, 3.8) is 0 Å². The van der Waals surface area contributed by atoms with Gasteiger partial charge in [0.05, 0.1) is 6.20 Å². The molecule has 0 saturated heterocycles. The lowest BCUT2D eigenvalue weighted by molar-refractivity contribution is -0.107. The largest absolute Gasteiger partial charge is 0.437 e. The summed E-state index contributed by atoms with van der Waals surface area (Å²) in [6, 6.07) is 16.0. The Labute approximate surface area is 151 Å². The number of thioether (sulfide) groups is 1. The zero-order valence-electron chi connectivity index (χ0n) is 13.9. The molecule has 0 bridgehead atoms. The van der Waals surface area contributed by atoms with E-state index >= 15 is 0 Å². The minimum Gasteiger partial charge on any atom is -0.437 e. The molecular formula is C20H20N2O2S. The number of oxazole rings is 1. The van der Waals surface area contributed by atoms with Gasteiger partial charge in [0, 0.05) is 6.20 Å². The molecule has 1 atom stereocenters. The molecule has 0 aliphatic carbocycles. The number of carbonyl (C=O) groups is 1. The fraction of sp³-hybridized carbons (Fsp3) is 0.250. The van der Waals surface area contributed by atoms with Gasteiger partial charge in [-0.05, 0) is 42.7 Å². The number of pyridine rings is 1. The normalized spacial score (nSPS) is 12.0. The highest BCUT2D eigenvalue weighted by Crippen LogP contribution is 2.29. The first-order valence-electron chi connectivity index (χ1n) is 8.35. The maximum Gasteiger partial charge on any atom is 0.215 e. The summed E-state index contributed by atoms with van der Waals surface area (Å²) in [5, 5.41) is -0.366. The number of aldehydes is 1. The Morgan fingerprint density at radius 2 is 1.88 bits per heavy atom. The van der Waals surface area contributed by atoms with Crippen molar-refractivity contribution in [2.75, 3.05) is 5.75 Å². The molecular weight excluding hydrogens is 332 g/mol. The summed E-state index contributed by atoms with van der Waals surface area (Å²) in [4.78, 5) is 19.9. The van der Waals surface area contributed by atoms with Gasteiger partial charge < -0.3 is 9.21 Å². The second-order valence-corrected chi connectivity index (χ2v) is 6.90. The lowest BCUT2D eigenvalue weighted by atomic mass is 10.1. The zero-order chi connectivity index (χ0) is 17.3. The molecule has 0 spiro atoms. The minimum absolute atomic E-state index is 0.366. The lowest BCUT2D eigenvalue weighted by Crippen LogP contribution is -1.97. The van der Waals surface area contributed by atoms with Gasteiger partial charge in [-0.1, -0.05) is 36.4 Å². The number of hydrogen-bond acceptors (Lipinski definition) is 5. The van der Waals surface area contributed by atoms with Crippen LogP contribution in [0.25, 0.3) is 11.5 Å². The lowest BCUT2D eigenvalue weighted by Gasteiger charge is -2.06. The standard InChI is InChI=1S/C20H20N2O2S/c23-15-19(25-13-7-5-10-16-8-2-1-3-9-16)20-22-14-18(24-20)17-11-4-6-12-21-17/h1-4,6,8-9,11-12,14-15,19H,5,7,10,13H2. The second-order valence-electron chi connectivity index (χ2n) is 5.65. The predicted octanol–water partition coefficient (Wildman–Crippen LogP) is 4.73. The van der Waals surface area contributed by atoms with E-state index in [0.717, 1.165) is 37.0 Å². The van der Waals surface area contributed by atoms with E-state index in [1.54, 1.807) is 24.2 Å². The van der Waals surface area contributed by atoms with Gasteiger partial charge in [0.25, 0.3) is 0 Å². The Balaban J connectivity index is 1.48. The zero-order valence-corrected chi connectivity index (χ0v) is 14.7. The van der Waals surface area contributed by atoms with Crippen molar-refractivity contribution in [3.05, 3.63) is 72.4 Å². The number of aryl methyl sites for hydroxylation is 1. The summed E-state index contributed by atoms with van der Waals surface area (Å²) in [6.07, 6.45) is 7.46. The summed E-state index contributed by atoms with van der Waals surface area (Å²) in [5.74, 6) is 1.94. The van der Waals surface area contributed by atoms with Gasteiger partial charge >= 0.3 is 0 Å². The van der Waals surface area contributed by atoms with Crippen molar-refractivity contribution in [2.24, 2.45) is 0 Å². The summed E-state index contributed by atoms with van der Waals surface area (Å²) in [5.41, 5.74) is 2.07. The van der Waals surface area contributed by atoms with Crippen molar-refractivity contribution in [1.29, 1.82) is 0 Å². The predicted molar refractivity (Wildman–Crippen MR) is 100 cm³/mol. The van der Waals surface area contributed by atoms with Crippen LogP contribution in [0.1, 0.15) is 29.5 Å². The third-order valence-electron chi connectivity index (χ3n) is 3.81. The maximum atomic E-state index is 11.4. The van der Waals surface area contributed by atoms with E-state index in [4.69, 9.17) is 4.42 Å². The van der Waals surface area contributed by atoms with Gasteiger partial charge in [0.2, 0.25) is 5.89 Å². The molecule has 4 nitrogen and oxygen atoms in total.